The molecule has 1 aliphatic carbocycles. The maximum Gasteiger partial charge on any atom is 0.178 e. The Kier molecular flexibility index (Phi) is 5.55. The Morgan fingerprint density at radius 3 is 2.16 bits per heavy atom. The van der Waals surface area contributed by atoms with Gasteiger partial charge in [-0.1, -0.05) is 49.6 Å². The summed E-state index contributed by atoms with van der Waals surface area (Å²) in [6.45, 7) is 4.22. The molecule has 2 aromatic rings. The SMILES string of the molecule is Cc1cc(-c2ccc(S(=O)(=O)CC3CCC(C)CC3)cc2)ccc1Cl. The highest BCUT2D eigenvalue weighted by Crippen LogP contribution is 2.31. The van der Waals surface area contributed by atoms with Crippen LogP contribution in [-0.4, -0.2) is 14.2 Å². The van der Waals surface area contributed by atoms with Gasteiger partial charge in [0.15, 0.2) is 9.84 Å². The lowest BCUT2D eigenvalue weighted by atomic mass is 9.84. The molecule has 2 nitrogen and oxygen atoms in total. The Labute approximate surface area is 156 Å². The number of benzene rings is 2. The molecule has 4 heteroatoms. The molecule has 0 bridgehead atoms. The number of aryl methyl sites for hydroxylation is 1. The molecule has 0 aliphatic heterocycles. The summed E-state index contributed by atoms with van der Waals surface area (Å²) in [6, 6.07) is 13.1. The van der Waals surface area contributed by atoms with Gasteiger partial charge in [-0.25, -0.2) is 8.42 Å². The fourth-order valence-electron chi connectivity index (χ4n) is 3.58. The maximum absolute atomic E-state index is 12.7. The number of hydrogen-bond donors (Lipinski definition) is 0. The number of sulfone groups is 1. The van der Waals surface area contributed by atoms with Crippen LogP contribution in [0.3, 0.4) is 0 Å². The van der Waals surface area contributed by atoms with E-state index < -0.39 is 9.84 Å². The molecule has 0 saturated heterocycles. The second kappa shape index (κ2) is 7.51. The molecule has 2 aromatic carbocycles. The largest absolute Gasteiger partial charge is 0.224 e. The van der Waals surface area contributed by atoms with Crippen LogP contribution < -0.4 is 0 Å². The van der Waals surface area contributed by atoms with Crippen LogP contribution in [0.2, 0.25) is 5.02 Å². The minimum absolute atomic E-state index is 0.277. The molecular weight excluding hydrogens is 352 g/mol. The summed E-state index contributed by atoms with van der Waals surface area (Å²) in [4.78, 5) is 0.431. The van der Waals surface area contributed by atoms with Gasteiger partial charge in [-0.05, 0) is 72.6 Å². The van der Waals surface area contributed by atoms with Crippen molar-refractivity contribution in [1.29, 1.82) is 0 Å². The highest BCUT2D eigenvalue weighted by Gasteiger charge is 2.25. The van der Waals surface area contributed by atoms with Gasteiger partial charge in [0.2, 0.25) is 0 Å². The highest BCUT2D eigenvalue weighted by atomic mass is 35.5. The topological polar surface area (TPSA) is 34.1 Å². The summed E-state index contributed by atoms with van der Waals surface area (Å²) in [5.74, 6) is 1.32. The molecule has 134 valence electrons. The summed E-state index contributed by atoms with van der Waals surface area (Å²) in [7, 11) is -3.21. The fraction of sp³-hybridized carbons (Fsp3) is 0.429. The van der Waals surface area contributed by atoms with Gasteiger partial charge in [0.25, 0.3) is 0 Å². The Hall–Kier alpha value is -1.32. The average Bonchev–Trinajstić information content (AvgIpc) is 2.59. The van der Waals surface area contributed by atoms with E-state index in [1.54, 1.807) is 12.1 Å². The molecule has 1 aliphatic rings. The minimum atomic E-state index is -3.21. The first kappa shape index (κ1) is 18.5. The van der Waals surface area contributed by atoms with Gasteiger partial charge >= 0.3 is 0 Å². The summed E-state index contributed by atoms with van der Waals surface area (Å²) < 4.78 is 25.4. The molecule has 1 fully saturated rings. The molecular formula is C21H25ClO2S. The molecule has 0 heterocycles. The number of halogens is 1. The summed E-state index contributed by atoms with van der Waals surface area (Å²) >= 11 is 6.08. The van der Waals surface area contributed by atoms with Crippen molar-refractivity contribution in [2.45, 2.75) is 44.4 Å². The van der Waals surface area contributed by atoms with E-state index in [4.69, 9.17) is 11.6 Å². The van der Waals surface area contributed by atoms with Gasteiger partial charge < -0.3 is 0 Å². The summed E-state index contributed by atoms with van der Waals surface area (Å²) in [6.07, 6.45) is 4.36. The summed E-state index contributed by atoms with van der Waals surface area (Å²) in [5.41, 5.74) is 3.07. The molecule has 1 saturated carbocycles. The van der Waals surface area contributed by atoms with Crippen LogP contribution in [0.25, 0.3) is 11.1 Å². The van der Waals surface area contributed by atoms with Gasteiger partial charge in [0.05, 0.1) is 10.6 Å². The van der Waals surface area contributed by atoms with Crippen LogP contribution in [0.4, 0.5) is 0 Å². The Morgan fingerprint density at radius 1 is 0.960 bits per heavy atom. The smallest absolute Gasteiger partial charge is 0.178 e. The minimum Gasteiger partial charge on any atom is -0.224 e. The van der Waals surface area contributed by atoms with Gasteiger partial charge in [0.1, 0.15) is 0 Å². The van der Waals surface area contributed by atoms with E-state index in [0.29, 0.717) is 10.8 Å². The third-order valence-electron chi connectivity index (χ3n) is 5.30. The lowest BCUT2D eigenvalue weighted by Crippen LogP contribution is -2.21. The van der Waals surface area contributed by atoms with Crippen molar-refractivity contribution in [1.82, 2.24) is 0 Å². The molecule has 0 N–H and O–H groups in total. The molecule has 0 radical (unpaired) electrons. The molecule has 3 rings (SSSR count). The first-order valence-electron chi connectivity index (χ1n) is 8.94. The van der Waals surface area contributed by atoms with Crippen molar-refractivity contribution in [3.63, 3.8) is 0 Å². The van der Waals surface area contributed by atoms with Crippen LogP contribution in [0, 0.1) is 18.8 Å². The molecule has 0 unspecified atom stereocenters. The zero-order valence-corrected chi connectivity index (χ0v) is 16.4. The van der Waals surface area contributed by atoms with Gasteiger partial charge in [-0.15, -0.1) is 0 Å². The third-order valence-corrected chi connectivity index (χ3v) is 7.62. The van der Waals surface area contributed by atoms with E-state index in [1.165, 1.54) is 0 Å². The molecule has 25 heavy (non-hydrogen) atoms. The van der Waals surface area contributed by atoms with Crippen LogP contribution in [-0.2, 0) is 9.84 Å². The van der Waals surface area contributed by atoms with E-state index >= 15 is 0 Å². The Balaban J connectivity index is 1.75. The highest BCUT2D eigenvalue weighted by molar-refractivity contribution is 7.91. The van der Waals surface area contributed by atoms with Crippen LogP contribution in [0.15, 0.2) is 47.4 Å². The second-order valence-corrected chi connectivity index (χ2v) is 9.84. The number of rotatable bonds is 4. The van der Waals surface area contributed by atoms with Crippen molar-refractivity contribution in [2.24, 2.45) is 11.8 Å². The first-order chi connectivity index (χ1) is 11.8. The Bertz CT molecular complexity index is 833. The van der Waals surface area contributed by atoms with E-state index in [2.05, 4.69) is 6.92 Å². The molecule has 0 aromatic heterocycles. The van der Waals surface area contributed by atoms with Crippen LogP contribution in [0.5, 0.6) is 0 Å². The maximum atomic E-state index is 12.7. The van der Waals surface area contributed by atoms with E-state index in [0.717, 1.165) is 53.3 Å². The van der Waals surface area contributed by atoms with Crippen molar-refractivity contribution in [2.75, 3.05) is 5.75 Å². The van der Waals surface area contributed by atoms with Crippen molar-refractivity contribution in [3.8, 4) is 11.1 Å². The quantitative estimate of drug-likeness (QED) is 0.664. The van der Waals surface area contributed by atoms with Crippen molar-refractivity contribution >= 4 is 21.4 Å². The van der Waals surface area contributed by atoms with E-state index in [9.17, 15) is 8.42 Å². The van der Waals surface area contributed by atoms with Gasteiger partial charge in [0, 0.05) is 5.02 Å². The van der Waals surface area contributed by atoms with E-state index in [-0.39, 0.29) is 5.75 Å². The van der Waals surface area contributed by atoms with Crippen molar-refractivity contribution in [3.05, 3.63) is 53.1 Å². The predicted molar refractivity (Wildman–Crippen MR) is 105 cm³/mol. The molecule has 0 atom stereocenters. The van der Waals surface area contributed by atoms with E-state index in [1.807, 2.05) is 37.3 Å². The van der Waals surface area contributed by atoms with Crippen LogP contribution in [0.1, 0.15) is 38.2 Å². The summed E-state index contributed by atoms with van der Waals surface area (Å²) in [5, 5.41) is 0.741. The molecule has 0 spiro atoms. The second-order valence-electron chi connectivity index (χ2n) is 7.40. The fourth-order valence-corrected chi connectivity index (χ4v) is 5.40. The normalized spacial score (nSPS) is 21.2. The standard InChI is InChI=1S/C21H25ClO2S/c1-15-3-5-17(6-4-15)14-25(23,24)20-10-7-18(8-11-20)19-9-12-21(22)16(2)13-19/h7-13,15,17H,3-6,14H2,1-2H3. The van der Waals surface area contributed by atoms with Gasteiger partial charge in [-0.2, -0.15) is 0 Å². The average molecular weight is 377 g/mol. The lowest BCUT2D eigenvalue weighted by molar-refractivity contribution is 0.308. The zero-order valence-electron chi connectivity index (χ0n) is 14.8. The van der Waals surface area contributed by atoms with Gasteiger partial charge in [-0.3, -0.25) is 0 Å². The monoisotopic (exact) mass is 376 g/mol. The Morgan fingerprint density at radius 2 is 1.56 bits per heavy atom. The van der Waals surface area contributed by atoms with Crippen LogP contribution >= 0.6 is 11.6 Å². The predicted octanol–water partition coefficient (Wildman–Crippen LogP) is 5.92. The molecule has 0 amide bonds. The zero-order chi connectivity index (χ0) is 18.0. The first-order valence-corrected chi connectivity index (χ1v) is 11.0. The third kappa shape index (κ3) is 4.45. The van der Waals surface area contributed by atoms with Crippen molar-refractivity contribution < 1.29 is 8.42 Å². The number of hydrogen-bond acceptors (Lipinski definition) is 2. The lowest BCUT2D eigenvalue weighted by Gasteiger charge is -2.25.